The van der Waals surface area contributed by atoms with Gasteiger partial charge in [-0.3, -0.25) is 0 Å². The Morgan fingerprint density at radius 3 is 2.72 bits per heavy atom. The van der Waals surface area contributed by atoms with E-state index < -0.39 is 0 Å². The average Bonchev–Trinajstić information content (AvgIpc) is 2.73. The van der Waals surface area contributed by atoms with Crippen LogP contribution in [0, 0.1) is 5.92 Å². The predicted molar refractivity (Wildman–Crippen MR) is 70.3 cm³/mol. The number of aromatic nitrogens is 2. The van der Waals surface area contributed by atoms with Crippen molar-refractivity contribution < 1.29 is 9.26 Å². The summed E-state index contributed by atoms with van der Waals surface area (Å²) >= 11 is 0. The molecule has 1 aromatic heterocycles. The first-order valence-electron chi connectivity index (χ1n) is 6.78. The van der Waals surface area contributed by atoms with Gasteiger partial charge in [-0.15, -0.1) is 0 Å². The molecule has 0 bridgehead atoms. The van der Waals surface area contributed by atoms with Crippen molar-refractivity contribution in [2.75, 3.05) is 13.2 Å². The molecule has 1 atom stereocenters. The third kappa shape index (κ3) is 5.60. The number of ether oxygens (including phenoxy) is 1. The fraction of sp³-hybridized carbons (Fsp3) is 0.846. The number of nitrogens with zero attached hydrogens (tertiary/aromatic N) is 2. The summed E-state index contributed by atoms with van der Waals surface area (Å²) in [5, 5.41) is 7.36. The molecule has 1 N–H and O–H groups in total. The van der Waals surface area contributed by atoms with E-state index in [4.69, 9.17) is 9.26 Å². The van der Waals surface area contributed by atoms with Gasteiger partial charge in [-0.05, 0) is 25.8 Å². The third-order valence-corrected chi connectivity index (χ3v) is 2.62. The lowest BCUT2D eigenvalue weighted by Crippen LogP contribution is -2.32. The number of rotatable bonds is 9. The van der Waals surface area contributed by atoms with Crippen molar-refractivity contribution in [3.8, 4) is 0 Å². The maximum absolute atomic E-state index is 5.25. The summed E-state index contributed by atoms with van der Waals surface area (Å²) in [4.78, 5) is 4.33. The summed E-state index contributed by atoms with van der Waals surface area (Å²) in [6.07, 6.45) is 1.89. The van der Waals surface area contributed by atoms with Gasteiger partial charge >= 0.3 is 0 Å². The Balaban J connectivity index is 2.49. The second-order valence-corrected chi connectivity index (χ2v) is 4.83. The molecule has 18 heavy (non-hydrogen) atoms. The van der Waals surface area contributed by atoms with Crippen molar-refractivity contribution >= 4 is 0 Å². The van der Waals surface area contributed by atoms with Gasteiger partial charge in [0.25, 0.3) is 0 Å². The fourth-order valence-corrected chi connectivity index (χ4v) is 1.93. The van der Waals surface area contributed by atoms with E-state index >= 15 is 0 Å². The molecule has 5 heteroatoms. The molecule has 0 aliphatic heterocycles. The number of nitrogens with one attached hydrogen (secondary N) is 1. The molecular formula is C13H25N3O2. The second kappa shape index (κ2) is 8.21. The number of likely N-dealkylation sites (N-methyl/N-ethyl adjacent to an activating group) is 1. The van der Waals surface area contributed by atoms with Crippen LogP contribution in [0.4, 0.5) is 0 Å². The van der Waals surface area contributed by atoms with Crippen molar-refractivity contribution in [2.45, 2.75) is 53.2 Å². The molecule has 0 aromatic carbocycles. The fourth-order valence-electron chi connectivity index (χ4n) is 1.93. The normalized spacial score (nSPS) is 13.2. The minimum Gasteiger partial charge on any atom is -0.374 e. The van der Waals surface area contributed by atoms with Crippen LogP contribution < -0.4 is 5.32 Å². The first kappa shape index (κ1) is 15.1. The van der Waals surface area contributed by atoms with Crippen LogP contribution in [-0.2, 0) is 17.8 Å². The van der Waals surface area contributed by atoms with Gasteiger partial charge in [-0.2, -0.15) is 4.98 Å². The third-order valence-electron chi connectivity index (χ3n) is 2.62. The van der Waals surface area contributed by atoms with Crippen LogP contribution in [-0.4, -0.2) is 29.3 Å². The smallest absolute Gasteiger partial charge is 0.228 e. The molecule has 1 rings (SSSR count). The molecule has 1 unspecified atom stereocenters. The van der Waals surface area contributed by atoms with E-state index in [1.165, 1.54) is 0 Å². The summed E-state index contributed by atoms with van der Waals surface area (Å²) in [6.45, 7) is 10.6. The number of hydrogen-bond acceptors (Lipinski definition) is 5. The molecule has 1 heterocycles. The van der Waals surface area contributed by atoms with E-state index in [0.717, 1.165) is 19.4 Å². The van der Waals surface area contributed by atoms with E-state index in [-0.39, 0.29) is 0 Å². The average molecular weight is 255 g/mol. The van der Waals surface area contributed by atoms with Gasteiger partial charge < -0.3 is 14.6 Å². The van der Waals surface area contributed by atoms with Crippen molar-refractivity contribution in [2.24, 2.45) is 5.92 Å². The highest BCUT2D eigenvalue weighted by Crippen LogP contribution is 2.10. The minimum atomic E-state index is 0.399. The molecule has 0 radical (unpaired) electrons. The van der Waals surface area contributed by atoms with Crippen molar-refractivity contribution in [3.05, 3.63) is 11.7 Å². The standard InChI is InChI=1S/C13H25N3O2/c1-5-14-11(7-10(3)4)8-13-15-12(16-18-13)9-17-6-2/h10-11,14H,5-9H2,1-4H3. The maximum atomic E-state index is 5.25. The SMILES string of the molecule is CCNC(Cc1nc(COCC)no1)CC(C)C. The lowest BCUT2D eigenvalue weighted by atomic mass is 10.0. The van der Waals surface area contributed by atoms with Crippen LogP contribution >= 0.6 is 0 Å². The van der Waals surface area contributed by atoms with Crippen LogP contribution in [0.2, 0.25) is 0 Å². The van der Waals surface area contributed by atoms with Crippen molar-refractivity contribution in [1.29, 1.82) is 0 Å². The van der Waals surface area contributed by atoms with Crippen LogP contribution in [0.3, 0.4) is 0 Å². The van der Waals surface area contributed by atoms with Gasteiger partial charge in [0.2, 0.25) is 5.89 Å². The lowest BCUT2D eigenvalue weighted by molar-refractivity contribution is 0.126. The Morgan fingerprint density at radius 2 is 2.11 bits per heavy atom. The topological polar surface area (TPSA) is 60.2 Å². The van der Waals surface area contributed by atoms with E-state index in [1.807, 2.05) is 6.92 Å². The van der Waals surface area contributed by atoms with Crippen LogP contribution in [0.1, 0.15) is 45.8 Å². The molecule has 0 amide bonds. The summed E-state index contributed by atoms with van der Waals surface area (Å²) in [5.74, 6) is 1.97. The molecule has 0 aliphatic carbocycles. The van der Waals surface area contributed by atoms with Crippen LogP contribution in [0.25, 0.3) is 0 Å². The van der Waals surface area contributed by atoms with Gasteiger partial charge in [-0.1, -0.05) is 25.9 Å². The monoisotopic (exact) mass is 255 g/mol. The summed E-state index contributed by atoms with van der Waals surface area (Å²) in [5.41, 5.74) is 0. The molecule has 0 fully saturated rings. The predicted octanol–water partition coefficient (Wildman–Crippen LogP) is 2.17. The molecular weight excluding hydrogens is 230 g/mol. The van der Waals surface area contributed by atoms with Crippen LogP contribution in [0.5, 0.6) is 0 Å². The highest BCUT2D eigenvalue weighted by atomic mass is 16.5. The zero-order valence-electron chi connectivity index (χ0n) is 11.9. The highest BCUT2D eigenvalue weighted by molar-refractivity contribution is 4.88. The zero-order chi connectivity index (χ0) is 13.4. The highest BCUT2D eigenvalue weighted by Gasteiger charge is 2.15. The largest absolute Gasteiger partial charge is 0.374 e. The van der Waals surface area contributed by atoms with Crippen LogP contribution in [0.15, 0.2) is 4.52 Å². The van der Waals surface area contributed by atoms with E-state index in [9.17, 15) is 0 Å². The Kier molecular flexibility index (Phi) is 6.90. The van der Waals surface area contributed by atoms with Crippen molar-refractivity contribution in [3.63, 3.8) is 0 Å². The summed E-state index contributed by atoms with van der Waals surface area (Å²) in [6, 6.07) is 0.399. The summed E-state index contributed by atoms with van der Waals surface area (Å²) in [7, 11) is 0. The maximum Gasteiger partial charge on any atom is 0.228 e. The molecule has 104 valence electrons. The van der Waals surface area contributed by atoms with E-state index in [0.29, 0.717) is 36.9 Å². The van der Waals surface area contributed by atoms with Gasteiger partial charge in [0.1, 0.15) is 6.61 Å². The van der Waals surface area contributed by atoms with Crippen molar-refractivity contribution in [1.82, 2.24) is 15.5 Å². The van der Waals surface area contributed by atoms with Gasteiger partial charge in [0.15, 0.2) is 5.82 Å². The quantitative estimate of drug-likeness (QED) is 0.733. The Morgan fingerprint density at radius 1 is 1.33 bits per heavy atom. The Bertz CT molecular complexity index is 326. The Hall–Kier alpha value is -0.940. The van der Waals surface area contributed by atoms with E-state index in [2.05, 4.69) is 36.2 Å². The molecule has 1 aromatic rings. The molecule has 0 spiro atoms. The molecule has 0 saturated heterocycles. The molecule has 5 nitrogen and oxygen atoms in total. The van der Waals surface area contributed by atoms with Gasteiger partial charge in [0, 0.05) is 19.1 Å². The first-order chi connectivity index (χ1) is 8.65. The van der Waals surface area contributed by atoms with E-state index in [1.54, 1.807) is 0 Å². The number of hydrogen-bond donors (Lipinski definition) is 1. The Labute approximate surface area is 109 Å². The molecule has 0 saturated carbocycles. The zero-order valence-corrected chi connectivity index (χ0v) is 11.9. The lowest BCUT2D eigenvalue weighted by Gasteiger charge is -2.17. The molecule has 0 aliphatic rings. The van der Waals surface area contributed by atoms with Gasteiger partial charge in [-0.25, -0.2) is 0 Å². The second-order valence-electron chi connectivity index (χ2n) is 4.83. The first-order valence-corrected chi connectivity index (χ1v) is 6.78. The minimum absolute atomic E-state index is 0.399. The van der Waals surface area contributed by atoms with Gasteiger partial charge in [0.05, 0.1) is 0 Å². The summed E-state index contributed by atoms with van der Waals surface area (Å²) < 4.78 is 10.5.